The number of hydrogen-bond donors (Lipinski definition) is 0. The first kappa shape index (κ1) is 18.6. The van der Waals surface area contributed by atoms with Crippen LogP contribution < -0.4 is 0 Å². The molecule has 136 valence electrons. The molecule has 0 atom stereocenters. The van der Waals surface area contributed by atoms with E-state index in [1.807, 2.05) is 31.2 Å². The highest BCUT2D eigenvalue weighted by Crippen LogP contribution is 2.30. The SMILES string of the molecule is C=CCN(CC=C)C(=O)c1c(C)c(-c2ccc(C)cc2)nc2ccccc12. The highest BCUT2D eigenvalue weighted by molar-refractivity contribution is 6.09. The topological polar surface area (TPSA) is 33.2 Å². The molecule has 3 nitrogen and oxygen atoms in total. The van der Waals surface area contributed by atoms with Crippen LogP contribution in [0.4, 0.5) is 0 Å². The van der Waals surface area contributed by atoms with Crippen LogP contribution in [0.5, 0.6) is 0 Å². The summed E-state index contributed by atoms with van der Waals surface area (Å²) >= 11 is 0. The number of nitrogens with zero attached hydrogens (tertiary/aromatic N) is 2. The van der Waals surface area contributed by atoms with E-state index in [9.17, 15) is 4.79 Å². The molecule has 0 radical (unpaired) electrons. The molecule has 1 amide bonds. The molecule has 0 fully saturated rings. The van der Waals surface area contributed by atoms with Crippen LogP contribution in [0.25, 0.3) is 22.2 Å². The van der Waals surface area contributed by atoms with E-state index in [1.54, 1.807) is 17.1 Å². The van der Waals surface area contributed by atoms with Crippen molar-refractivity contribution in [3.63, 3.8) is 0 Å². The Morgan fingerprint density at radius 3 is 2.26 bits per heavy atom. The van der Waals surface area contributed by atoms with Crippen LogP contribution in [0.2, 0.25) is 0 Å². The van der Waals surface area contributed by atoms with Crippen molar-refractivity contribution in [2.24, 2.45) is 0 Å². The Labute approximate surface area is 160 Å². The third-order valence-electron chi connectivity index (χ3n) is 4.66. The first-order chi connectivity index (χ1) is 13.1. The maximum absolute atomic E-state index is 13.4. The zero-order valence-corrected chi connectivity index (χ0v) is 15.9. The number of aryl methyl sites for hydroxylation is 1. The van der Waals surface area contributed by atoms with Gasteiger partial charge in [-0.2, -0.15) is 0 Å². The van der Waals surface area contributed by atoms with E-state index < -0.39 is 0 Å². The summed E-state index contributed by atoms with van der Waals surface area (Å²) in [6.45, 7) is 12.5. The van der Waals surface area contributed by atoms with Gasteiger partial charge in [0, 0.05) is 24.0 Å². The molecule has 3 aromatic rings. The summed E-state index contributed by atoms with van der Waals surface area (Å²) < 4.78 is 0. The summed E-state index contributed by atoms with van der Waals surface area (Å²) in [5.74, 6) is -0.0285. The van der Waals surface area contributed by atoms with Crippen LogP contribution in [0.3, 0.4) is 0 Å². The molecule has 0 saturated carbocycles. The van der Waals surface area contributed by atoms with E-state index in [0.717, 1.165) is 27.7 Å². The van der Waals surface area contributed by atoms with Gasteiger partial charge in [0.2, 0.25) is 0 Å². The molecule has 0 aliphatic heterocycles. The molecule has 2 aromatic carbocycles. The summed E-state index contributed by atoms with van der Waals surface area (Å²) in [5, 5.41) is 0.869. The predicted octanol–water partition coefficient (Wildman–Crippen LogP) is 5.33. The van der Waals surface area contributed by atoms with Crippen molar-refractivity contribution in [1.29, 1.82) is 0 Å². The number of para-hydroxylation sites is 1. The van der Waals surface area contributed by atoms with E-state index in [1.165, 1.54) is 5.56 Å². The third kappa shape index (κ3) is 3.68. The van der Waals surface area contributed by atoms with E-state index in [2.05, 4.69) is 44.3 Å². The van der Waals surface area contributed by atoms with Gasteiger partial charge >= 0.3 is 0 Å². The van der Waals surface area contributed by atoms with Crippen molar-refractivity contribution in [1.82, 2.24) is 9.88 Å². The van der Waals surface area contributed by atoms with Crippen LogP contribution in [-0.2, 0) is 0 Å². The van der Waals surface area contributed by atoms with Crippen LogP contribution in [-0.4, -0.2) is 28.9 Å². The minimum atomic E-state index is -0.0285. The summed E-state index contributed by atoms with van der Waals surface area (Å²) in [7, 11) is 0. The zero-order chi connectivity index (χ0) is 19.4. The van der Waals surface area contributed by atoms with Crippen molar-refractivity contribution in [2.45, 2.75) is 13.8 Å². The van der Waals surface area contributed by atoms with Gasteiger partial charge in [-0.05, 0) is 25.5 Å². The number of aromatic nitrogens is 1. The molecule has 0 aliphatic carbocycles. The summed E-state index contributed by atoms with van der Waals surface area (Å²) in [4.78, 5) is 20.0. The van der Waals surface area contributed by atoms with Crippen molar-refractivity contribution >= 4 is 16.8 Å². The Morgan fingerprint density at radius 2 is 1.63 bits per heavy atom. The molecule has 1 aromatic heterocycles. The maximum atomic E-state index is 13.4. The number of fused-ring (bicyclic) bond motifs is 1. The minimum absolute atomic E-state index is 0.0285. The Balaban J connectivity index is 2.25. The Bertz CT molecular complexity index is 993. The molecule has 3 rings (SSSR count). The van der Waals surface area contributed by atoms with Crippen molar-refractivity contribution in [2.75, 3.05) is 13.1 Å². The van der Waals surface area contributed by atoms with E-state index in [-0.39, 0.29) is 5.91 Å². The van der Waals surface area contributed by atoms with Crippen LogP contribution in [0.15, 0.2) is 73.8 Å². The average molecular weight is 356 g/mol. The van der Waals surface area contributed by atoms with E-state index in [0.29, 0.717) is 18.7 Å². The monoisotopic (exact) mass is 356 g/mol. The number of carbonyl (C=O) groups is 1. The Morgan fingerprint density at radius 1 is 1.00 bits per heavy atom. The third-order valence-corrected chi connectivity index (χ3v) is 4.66. The first-order valence-electron chi connectivity index (χ1n) is 9.04. The quantitative estimate of drug-likeness (QED) is 0.559. The molecule has 0 bridgehead atoms. The van der Waals surface area contributed by atoms with E-state index in [4.69, 9.17) is 4.98 Å². The summed E-state index contributed by atoms with van der Waals surface area (Å²) in [5.41, 5.74) is 5.45. The predicted molar refractivity (Wildman–Crippen MR) is 113 cm³/mol. The van der Waals surface area contributed by atoms with Gasteiger partial charge in [0.25, 0.3) is 5.91 Å². The van der Waals surface area contributed by atoms with Gasteiger partial charge in [-0.3, -0.25) is 4.79 Å². The summed E-state index contributed by atoms with van der Waals surface area (Å²) in [6.07, 6.45) is 3.47. The largest absolute Gasteiger partial charge is 0.331 e. The number of rotatable bonds is 6. The molecular weight excluding hydrogens is 332 g/mol. The molecule has 0 unspecified atom stereocenters. The Hall–Kier alpha value is -3.20. The highest BCUT2D eigenvalue weighted by atomic mass is 16.2. The van der Waals surface area contributed by atoms with Crippen LogP contribution in [0.1, 0.15) is 21.5 Å². The van der Waals surface area contributed by atoms with Crippen LogP contribution in [0, 0.1) is 13.8 Å². The van der Waals surface area contributed by atoms with E-state index >= 15 is 0 Å². The number of carbonyl (C=O) groups excluding carboxylic acids is 1. The second kappa shape index (κ2) is 8.00. The number of benzene rings is 2. The van der Waals surface area contributed by atoms with Crippen molar-refractivity contribution < 1.29 is 4.79 Å². The van der Waals surface area contributed by atoms with Gasteiger partial charge in [-0.15, -0.1) is 13.2 Å². The van der Waals surface area contributed by atoms with Gasteiger partial charge in [0.05, 0.1) is 16.8 Å². The van der Waals surface area contributed by atoms with Crippen molar-refractivity contribution in [3.8, 4) is 11.3 Å². The van der Waals surface area contributed by atoms with Crippen LogP contribution >= 0.6 is 0 Å². The van der Waals surface area contributed by atoms with Gasteiger partial charge in [-0.25, -0.2) is 4.98 Å². The smallest absolute Gasteiger partial charge is 0.255 e. The normalized spacial score (nSPS) is 10.6. The lowest BCUT2D eigenvalue weighted by Crippen LogP contribution is -2.32. The minimum Gasteiger partial charge on any atom is -0.331 e. The fourth-order valence-electron chi connectivity index (χ4n) is 3.29. The Kier molecular flexibility index (Phi) is 5.51. The average Bonchev–Trinajstić information content (AvgIpc) is 2.68. The number of amides is 1. The fraction of sp³-hybridized carbons (Fsp3) is 0.167. The lowest BCUT2D eigenvalue weighted by Gasteiger charge is -2.22. The van der Waals surface area contributed by atoms with Gasteiger partial charge < -0.3 is 4.90 Å². The second-order valence-electron chi connectivity index (χ2n) is 6.63. The molecule has 0 spiro atoms. The van der Waals surface area contributed by atoms with Gasteiger partial charge in [-0.1, -0.05) is 60.2 Å². The van der Waals surface area contributed by atoms with Gasteiger partial charge in [0.15, 0.2) is 0 Å². The molecule has 0 N–H and O–H groups in total. The van der Waals surface area contributed by atoms with Gasteiger partial charge in [0.1, 0.15) is 0 Å². The first-order valence-corrected chi connectivity index (χ1v) is 9.04. The maximum Gasteiger partial charge on any atom is 0.255 e. The second-order valence-corrected chi connectivity index (χ2v) is 6.63. The van der Waals surface area contributed by atoms with Crippen molar-refractivity contribution in [3.05, 3.63) is 90.5 Å². The molecular formula is C24H24N2O. The number of hydrogen-bond acceptors (Lipinski definition) is 2. The molecule has 0 saturated heterocycles. The lowest BCUT2D eigenvalue weighted by molar-refractivity contribution is 0.0792. The molecule has 0 aliphatic rings. The molecule has 1 heterocycles. The zero-order valence-electron chi connectivity index (χ0n) is 15.9. The molecule has 27 heavy (non-hydrogen) atoms. The highest BCUT2D eigenvalue weighted by Gasteiger charge is 2.22. The summed E-state index contributed by atoms with van der Waals surface area (Å²) in [6, 6.07) is 16.0. The number of pyridine rings is 1. The fourth-order valence-corrected chi connectivity index (χ4v) is 3.29. The standard InChI is InChI=1S/C24H24N2O/c1-5-15-26(16-6-2)24(27)22-18(4)23(19-13-11-17(3)12-14-19)25-21-10-8-7-9-20(21)22/h5-14H,1-2,15-16H2,3-4H3. The lowest BCUT2D eigenvalue weighted by atomic mass is 9.96. The molecule has 3 heteroatoms.